The summed E-state index contributed by atoms with van der Waals surface area (Å²) in [5.74, 6) is -0.0437. The Labute approximate surface area is 131 Å². The lowest BCUT2D eigenvalue weighted by molar-refractivity contribution is -0.141. The molecule has 0 aliphatic carbocycles. The first-order valence-electron chi connectivity index (χ1n) is 6.31. The highest BCUT2D eigenvalue weighted by Gasteiger charge is 2.32. The predicted octanol–water partition coefficient (Wildman–Crippen LogP) is 2.35. The molecule has 23 heavy (non-hydrogen) atoms. The number of thioether (sulfide) groups is 1. The van der Waals surface area contributed by atoms with Crippen LogP contribution in [0.1, 0.15) is 5.69 Å². The number of aromatic nitrogens is 5. The minimum Gasteiger partial charge on any atom is -0.267 e. The summed E-state index contributed by atoms with van der Waals surface area (Å²) in [6.07, 6.45) is -3.52. The molecule has 0 bridgehead atoms. The number of fused-ring (bicyclic) bond motifs is 1. The number of rotatable bonds is 3. The molecule has 0 amide bonds. The summed E-state index contributed by atoms with van der Waals surface area (Å²) in [6, 6.07) is 7.46. The van der Waals surface area contributed by atoms with Crippen molar-refractivity contribution in [3.8, 4) is 0 Å². The van der Waals surface area contributed by atoms with Crippen LogP contribution < -0.4 is 5.56 Å². The zero-order valence-corrected chi connectivity index (χ0v) is 12.2. The zero-order valence-electron chi connectivity index (χ0n) is 11.4. The summed E-state index contributed by atoms with van der Waals surface area (Å²) in [4.78, 5) is 19.4. The summed E-state index contributed by atoms with van der Waals surface area (Å²) in [7, 11) is 0. The van der Waals surface area contributed by atoms with Gasteiger partial charge < -0.3 is 0 Å². The molecule has 0 fully saturated rings. The molecule has 0 atom stereocenters. The van der Waals surface area contributed by atoms with Crippen molar-refractivity contribution in [2.45, 2.75) is 17.2 Å². The number of nitrogens with zero attached hydrogens (tertiary/aromatic N) is 5. The van der Waals surface area contributed by atoms with Gasteiger partial charge in [0, 0.05) is 6.20 Å². The Hall–Kier alpha value is -2.49. The van der Waals surface area contributed by atoms with E-state index in [-0.39, 0.29) is 16.6 Å². The van der Waals surface area contributed by atoms with Crippen LogP contribution in [0.4, 0.5) is 13.2 Å². The maximum absolute atomic E-state index is 12.6. The minimum atomic E-state index is -4.54. The average molecular weight is 339 g/mol. The Morgan fingerprint density at radius 3 is 2.74 bits per heavy atom. The van der Waals surface area contributed by atoms with E-state index in [4.69, 9.17) is 0 Å². The van der Waals surface area contributed by atoms with E-state index in [1.807, 2.05) is 0 Å². The number of benzene rings is 1. The average Bonchev–Trinajstić information content (AvgIpc) is 2.54. The van der Waals surface area contributed by atoms with Gasteiger partial charge in [0.05, 0.1) is 11.3 Å². The molecule has 0 aliphatic heterocycles. The number of hydrogen-bond donors (Lipinski definition) is 0. The second kappa shape index (κ2) is 5.95. The molecule has 3 aromatic rings. The van der Waals surface area contributed by atoms with Gasteiger partial charge in [0.15, 0.2) is 5.16 Å². The first-order chi connectivity index (χ1) is 10.9. The smallest absolute Gasteiger partial charge is 0.267 e. The first-order valence-corrected chi connectivity index (χ1v) is 7.29. The molecule has 2 heterocycles. The van der Waals surface area contributed by atoms with Gasteiger partial charge in [0.25, 0.3) is 5.56 Å². The molecule has 3 rings (SSSR count). The van der Waals surface area contributed by atoms with Crippen LogP contribution in [0.5, 0.6) is 0 Å². The third-order valence-electron chi connectivity index (χ3n) is 2.87. The van der Waals surface area contributed by atoms with E-state index in [9.17, 15) is 18.0 Å². The monoisotopic (exact) mass is 339 g/mol. The van der Waals surface area contributed by atoms with Crippen LogP contribution in [0, 0.1) is 0 Å². The standard InChI is InChI=1S/C13H8F3N5OS/c14-13(15,16)10-5-6-17-12(18-10)23-7-21-11(22)8-3-1-2-4-9(8)19-20-21/h1-6H,7H2. The molecular weight excluding hydrogens is 331 g/mol. The summed E-state index contributed by atoms with van der Waals surface area (Å²) in [5, 5.41) is 7.92. The zero-order chi connectivity index (χ0) is 16.4. The van der Waals surface area contributed by atoms with E-state index in [2.05, 4.69) is 20.3 Å². The van der Waals surface area contributed by atoms with Gasteiger partial charge in [0.1, 0.15) is 11.2 Å². The van der Waals surface area contributed by atoms with Crippen molar-refractivity contribution in [3.63, 3.8) is 0 Å². The summed E-state index contributed by atoms with van der Waals surface area (Å²) in [5.41, 5.74) is -0.962. The van der Waals surface area contributed by atoms with E-state index in [1.54, 1.807) is 24.3 Å². The van der Waals surface area contributed by atoms with Crippen molar-refractivity contribution in [2.75, 3.05) is 0 Å². The van der Waals surface area contributed by atoms with Gasteiger partial charge in [0.2, 0.25) is 0 Å². The second-order valence-electron chi connectivity index (χ2n) is 4.41. The van der Waals surface area contributed by atoms with Crippen LogP contribution >= 0.6 is 11.8 Å². The van der Waals surface area contributed by atoms with Crippen LogP contribution in [0.15, 0.2) is 46.5 Å². The fourth-order valence-corrected chi connectivity index (χ4v) is 2.50. The Bertz CT molecular complexity index is 912. The molecule has 118 valence electrons. The van der Waals surface area contributed by atoms with Crippen LogP contribution in [-0.4, -0.2) is 25.0 Å². The number of alkyl halides is 3. The van der Waals surface area contributed by atoms with Crippen molar-refractivity contribution < 1.29 is 13.2 Å². The van der Waals surface area contributed by atoms with Crippen molar-refractivity contribution in [1.29, 1.82) is 0 Å². The molecule has 10 heteroatoms. The summed E-state index contributed by atoms with van der Waals surface area (Å²) >= 11 is 0.865. The summed E-state index contributed by atoms with van der Waals surface area (Å²) in [6.45, 7) is 0. The number of halogens is 3. The van der Waals surface area contributed by atoms with Crippen LogP contribution in [0.25, 0.3) is 10.9 Å². The maximum Gasteiger partial charge on any atom is 0.433 e. The molecule has 0 saturated heterocycles. The molecule has 0 unspecified atom stereocenters. The quantitative estimate of drug-likeness (QED) is 0.539. The topological polar surface area (TPSA) is 73.6 Å². The van der Waals surface area contributed by atoms with Gasteiger partial charge in [-0.1, -0.05) is 29.1 Å². The van der Waals surface area contributed by atoms with Crippen molar-refractivity contribution in [1.82, 2.24) is 25.0 Å². The highest BCUT2D eigenvalue weighted by atomic mass is 32.2. The molecule has 0 spiro atoms. The summed E-state index contributed by atoms with van der Waals surface area (Å²) < 4.78 is 38.8. The van der Waals surface area contributed by atoms with E-state index >= 15 is 0 Å². The van der Waals surface area contributed by atoms with Gasteiger partial charge in [-0.3, -0.25) is 4.79 Å². The van der Waals surface area contributed by atoms with Gasteiger partial charge in [-0.25, -0.2) is 9.97 Å². The minimum absolute atomic E-state index is 0.0437. The lowest BCUT2D eigenvalue weighted by atomic mass is 10.2. The molecule has 0 saturated carbocycles. The van der Waals surface area contributed by atoms with Crippen LogP contribution in [0.2, 0.25) is 0 Å². The van der Waals surface area contributed by atoms with Crippen molar-refractivity contribution in [2.24, 2.45) is 0 Å². The normalized spacial score (nSPS) is 11.8. The Morgan fingerprint density at radius 2 is 1.96 bits per heavy atom. The lowest BCUT2D eigenvalue weighted by Crippen LogP contribution is -2.23. The van der Waals surface area contributed by atoms with Crippen LogP contribution in [0.3, 0.4) is 0 Å². The predicted molar refractivity (Wildman–Crippen MR) is 76.7 cm³/mol. The highest BCUT2D eigenvalue weighted by molar-refractivity contribution is 7.98. The molecule has 6 nitrogen and oxygen atoms in total. The fourth-order valence-electron chi connectivity index (χ4n) is 1.80. The van der Waals surface area contributed by atoms with Gasteiger partial charge in [-0.05, 0) is 18.2 Å². The third kappa shape index (κ3) is 3.31. The van der Waals surface area contributed by atoms with E-state index in [1.165, 1.54) is 0 Å². The van der Waals surface area contributed by atoms with Crippen molar-refractivity contribution in [3.05, 3.63) is 52.6 Å². The van der Waals surface area contributed by atoms with Gasteiger partial charge in [-0.2, -0.15) is 17.9 Å². The first kappa shape index (κ1) is 15.4. The number of hydrogen-bond acceptors (Lipinski definition) is 6. The van der Waals surface area contributed by atoms with Gasteiger partial charge in [-0.15, -0.1) is 5.10 Å². The molecular formula is C13H8F3N5OS. The molecule has 0 aliphatic rings. The van der Waals surface area contributed by atoms with Gasteiger partial charge >= 0.3 is 6.18 Å². The molecule has 0 N–H and O–H groups in total. The Balaban J connectivity index is 1.84. The lowest BCUT2D eigenvalue weighted by Gasteiger charge is -2.07. The Kier molecular flexibility index (Phi) is 3.99. The van der Waals surface area contributed by atoms with E-state index in [0.717, 1.165) is 28.7 Å². The highest BCUT2D eigenvalue weighted by Crippen LogP contribution is 2.28. The van der Waals surface area contributed by atoms with E-state index < -0.39 is 11.9 Å². The van der Waals surface area contributed by atoms with Crippen molar-refractivity contribution >= 4 is 22.7 Å². The molecule has 2 aromatic heterocycles. The van der Waals surface area contributed by atoms with Crippen LogP contribution in [-0.2, 0) is 12.1 Å². The SMILES string of the molecule is O=c1c2ccccc2nnn1CSc1nccc(C(F)(F)F)n1. The maximum atomic E-state index is 12.6. The Morgan fingerprint density at radius 1 is 1.17 bits per heavy atom. The second-order valence-corrected chi connectivity index (χ2v) is 5.32. The van der Waals surface area contributed by atoms with E-state index in [0.29, 0.717) is 10.9 Å². The third-order valence-corrected chi connectivity index (χ3v) is 3.70. The largest absolute Gasteiger partial charge is 0.433 e. The fraction of sp³-hybridized carbons (Fsp3) is 0.154. The molecule has 0 radical (unpaired) electrons. The molecule has 1 aromatic carbocycles.